The maximum Gasteiger partial charge on any atom is 0.220 e. The summed E-state index contributed by atoms with van der Waals surface area (Å²) in [4.78, 5) is 15.3. The summed E-state index contributed by atoms with van der Waals surface area (Å²) in [5, 5.41) is 0.181. The van der Waals surface area contributed by atoms with Crippen molar-refractivity contribution in [2.24, 2.45) is 0 Å². The number of rotatable bonds is 7. The molecule has 0 saturated heterocycles. The standard InChI is InChI=1S/C22H20Br2OS/c23-15-20-13-19(22(25)26-20)12-11-18(16-7-3-1-4-8-16)14-21(24)17-9-5-2-6-10-17/h1-10,13,15,18,21H,11-12,14H2. The number of allylic oxidation sites excluding steroid dienone is 1. The minimum atomic E-state index is 0.181. The molecule has 2 unspecified atom stereocenters. The Morgan fingerprint density at radius 2 is 1.58 bits per heavy atom. The third-order valence-electron chi connectivity index (χ3n) is 4.58. The molecule has 134 valence electrons. The number of alkyl halides is 1. The highest BCUT2D eigenvalue weighted by Crippen LogP contribution is 2.39. The summed E-state index contributed by atoms with van der Waals surface area (Å²) in [5.41, 5.74) is 3.56. The third kappa shape index (κ3) is 5.21. The molecule has 1 heterocycles. The van der Waals surface area contributed by atoms with E-state index in [2.05, 4.69) is 86.5 Å². The zero-order chi connectivity index (χ0) is 18.4. The van der Waals surface area contributed by atoms with Gasteiger partial charge in [0, 0.05) is 15.3 Å². The summed E-state index contributed by atoms with van der Waals surface area (Å²) in [6.45, 7) is 0. The van der Waals surface area contributed by atoms with Crippen LogP contribution in [0.25, 0.3) is 0 Å². The van der Waals surface area contributed by atoms with Crippen LogP contribution in [0.1, 0.15) is 41.1 Å². The first-order chi connectivity index (χ1) is 12.7. The fourth-order valence-corrected chi connectivity index (χ4v) is 5.10. The van der Waals surface area contributed by atoms with Gasteiger partial charge in [-0.15, -0.1) is 0 Å². The molecule has 2 atom stereocenters. The van der Waals surface area contributed by atoms with E-state index in [-0.39, 0.29) is 5.12 Å². The normalized spacial score (nSPS) is 18.0. The van der Waals surface area contributed by atoms with Gasteiger partial charge in [0.25, 0.3) is 0 Å². The number of hydrogen-bond donors (Lipinski definition) is 0. The van der Waals surface area contributed by atoms with E-state index in [0.29, 0.717) is 10.7 Å². The predicted molar refractivity (Wildman–Crippen MR) is 119 cm³/mol. The summed E-state index contributed by atoms with van der Waals surface area (Å²) < 4.78 is 0. The molecule has 3 rings (SSSR count). The van der Waals surface area contributed by atoms with Crippen molar-refractivity contribution >= 4 is 48.7 Å². The van der Waals surface area contributed by atoms with Gasteiger partial charge in [0.1, 0.15) is 0 Å². The Morgan fingerprint density at radius 1 is 0.962 bits per heavy atom. The molecule has 0 bridgehead atoms. The smallest absolute Gasteiger partial charge is 0.220 e. The van der Waals surface area contributed by atoms with Gasteiger partial charge in [-0.3, -0.25) is 4.79 Å². The van der Waals surface area contributed by atoms with Crippen molar-refractivity contribution in [2.75, 3.05) is 0 Å². The van der Waals surface area contributed by atoms with Crippen molar-refractivity contribution in [2.45, 2.75) is 30.0 Å². The molecule has 1 aliphatic heterocycles. The summed E-state index contributed by atoms with van der Waals surface area (Å²) in [5.74, 6) is 0.400. The van der Waals surface area contributed by atoms with Crippen molar-refractivity contribution in [3.63, 3.8) is 0 Å². The minimum Gasteiger partial charge on any atom is -0.282 e. The van der Waals surface area contributed by atoms with Gasteiger partial charge in [0.05, 0.1) is 0 Å². The highest BCUT2D eigenvalue weighted by molar-refractivity contribution is 9.11. The molecular weight excluding hydrogens is 472 g/mol. The summed E-state index contributed by atoms with van der Waals surface area (Å²) >= 11 is 8.50. The molecule has 0 radical (unpaired) electrons. The average Bonchev–Trinajstić information content (AvgIpc) is 3.06. The highest BCUT2D eigenvalue weighted by Gasteiger charge is 2.23. The van der Waals surface area contributed by atoms with Crippen LogP contribution in [0.2, 0.25) is 0 Å². The molecule has 2 aromatic rings. The van der Waals surface area contributed by atoms with E-state index in [1.165, 1.54) is 22.9 Å². The fourth-order valence-electron chi connectivity index (χ4n) is 3.18. The van der Waals surface area contributed by atoms with Gasteiger partial charge in [-0.05, 0) is 59.1 Å². The average molecular weight is 492 g/mol. The Labute approximate surface area is 176 Å². The van der Waals surface area contributed by atoms with Crippen LogP contribution in [0, 0.1) is 0 Å². The van der Waals surface area contributed by atoms with Crippen LogP contribution < -0.4 is 0 Å². The molecule has 0 aromatic heterocycles. The van der Waals surface area contributed by atoms with Gasteiger partial charge < -0.3 is 0 Å². The largest absolute Gasteiger partial charge is 0.282 e. The van der Waals surface area contributed by atoms with Gasteiger partial charge in [0.15, 0.2) is 0 Å². The number of halogens is 2. The van der Waals surface area contributed by atoms with E-state index in [0.717, 1.165) is 29.7 Å². The fraction of sp³-hybridized carbons (Fsp3) is 0.227. The first-order valence-corrected chi connectivity index (χ1v) is 11.3. The first-order valence-electron chi connectivity index (χ1n) is 8.64. The van der Waals surface area contributed by atoms with Crippen LogP contribution in [0.4, 0.5) is 0 Å². The lowest BCUT2D eigenvalue weighted by atomic mass is 9.87. The van der Waals surface area contributed by atoms with Gasteiger partial charge >= 0.3 is 0 Å². The van der Waals surface area contributed by atoms with Crippen molar-refractivity contribution in [1.82, 2.24) is 0 Å². The molecule has 0 fully saturated rings. The van der Waals surface area contributed by atoms with Crippen molar-refractivity contribution < 1.29 is 4.79 Å². The Hall–Kier alpha value is -1.10. The van der Waals surface area contributed by atoms with E-state index in [9.17, 15) is 4.79 Å². The van der Waals surface area contributed by atoms with Crippen LogP contribution >= 0.6 is 43.6 Å². The number of benzene rings is 2. The summed E-state index contributed by atoms with van der Waals surface area (Å²) in [6.07, 6.45) is 4.79. The molecular formula is C22H20Br2OS. The maximum atomic E-state index is 12.2. The Morgan fingerprint density at radius 3 is 2.15 bits per heavy atom. The minimum absolute atomic E-state index is 0.181. The predicted octanol–water partition coefficient (Wildman–Crippen LogP) is 7.51. The molecule has 1 nitrogen and oxygen atoms in total. The van der Waals surface area contributed by atoms with E-state index in [1.54, 1.807) is 0 Å². The summed E-state index contributed by atoms with van der Waals surface area (Å²) in [7, 11) is 0. The van der Waals surface area contributed by atoms with Crippen LogP contribution in [0.5, 0.6) is 0 Å². The SMILES string of the molecule is O=C1SC(=CBr)C=C1CCC(CC(Br)c1ccccc1)c1ccccc1. The van der Waals surface area contributed by atoms with E-state index >= 15 is 0 Å². The molecule has 1 aliphatic rings. The Balaban J connectivity index is 1.73. The van der Waals surface area contributed by atoms with Gasteiger partial charge in [0.2, 0.25) is 5.12 Å². The van der Waals surface area contributed by atoms with E-state index in [1.807, 2.05) is 17.1 Å². The quantitative estimate of drug-likeness (QED) is 0.372. The van der Waals surface area contributed by atoms with Gasteiger partial charge in [-0.2, -0.15) is 0 Å². The molecule has 0 N–H and O–H groups in total. The number of thioether (sulfide) groups is 1. The lowest BCUT2D eigenvalue weighted by Crippen LogP contribution is -2.05. The second kappa shape index (κ2) is 9.72. The molecule has 0 saturated carbocycles. The van der Waals surface area contributed by atoms with E-state index in [4.69, 9.17) is 0 Å². The van der Waals surface area contributed by atoms with Gasteiger partial charge in [-0.1, -0.05) is 92.5 Å². The van der Waals surface area contributed by atoms with Crippen LogP contribution in [-0.4, -0.2) is 5.12 Å². The highest BCUT2D eigenvalue weighted by atomic mass is 79.9. The molecule has 0 spiro atoms. The lowest BCUT2D eigenvalue weighted by Gasteiger charge is -2.21. The monoisotopic (exact) mass is 490 g/mol. The van der Waals surface area contributed by atoms with Crippen molar-refractivity contribution in [3.8, 4) is 0 Å². The second-order valence-corrected chi connectivity index (χ2v) is 8.94. The maximum absolute atomic E-state index is 12.2. The molecule has 4 heteroatoms. The zero-order valence-corrected chi connectivity index (χ0v) is 18.3. The van der Waals surface area contributed by atoms with Crippen molar-refractivity contribution in [1.29, 1.82) is 0 Å². The molecule has 0 aliphatic carbocycles. The van der Waals surface area contributed by atoms with E-state index < -0.39 is 0 Å². The van der Waals surface area contributed by atoms with Crippen LogP contribution in [0.3, 0.4) is 0 Å². The van der Waals surface area contributed by atoms with Crippen molar-refractivity contribution in [3.05, 3.63) is 93.3 Å². The van der Waals surface area contributed by atoms with Gasteiger partial charge in [-0.25, -0.2) is 0 Å². The molecule has 0 amide bonds. The second-order valence-electron chi connectivity index (χ2n) is 6.33. The lowest BCUT2D eigenvalue weighted by molar-refractivity contribution is -0.107. The molecule has 2 aromatic carbocycles. The Bertz CT molecular complexity index is 799. The topological polar surface area (TPSA) is 17.1 Å². The Kier molecular flexibility index (Phi) is 7.35. The third-order valence-corrected chi connectivity index (χ3v) is 7.20. The van der Waals surface area contributed by atoms with Crippen LogP contribution in [-0.2, 0) is 4.79 Å². The molecule has 26 heavy (non-hydrogen) atoms. The number of carbonyl (C=O) groups excluding carboxylic acids is 1. The first kappa shape index (κ1) is 19.7. The number of carbonyl (C=O) groups is 1. The zero-order valence-electron chi connectivity index (χ0n) is 14.3. The van der Waals surface area contributed by atoms with Crippen LogP contribution in [0.15, 0.2) is 82.2 Å². The summed E-state index contributed by atoms with van der Waals surface area (Å²) in [6, 6.07) is 21.1. The number of hydrogen-bond acceptors (Lipinski definition) is 2.